The molecule has 1 aliphatic heterocycles. The summed E-state index contributed by atoms with van der Waals surface area (Å²) in [5, 5.41) is 5.85. The van der Waals surface area contributed by atoms with Gasteiger partial charge in [-0.3, -0.25) is 9.36 Å². The van der Waals surface area contributed by atoms with Crippen LogP contribution in [0.5, 0.6) is 17.2 Å². The summed E-state index contributed by atoms with van der Waals surface area (Å²) in [5.74, 6) is 2.47. The summed E-state index contributed by atoms with van der Waals surface area (Å²) in [6.45, 7) is 2.86. The summed E-state index contributed by atoms with van der Waals surface area (Å²) in [6, 6.07) is 5.57. The summed E-state index contributed by atoms with van der Waals surface area (Å²) >= 11 is 0. The van der Waals surface area contributed by atoms with Crippen LogP contribution in [-0.2, 0) is 4.79 Å². The minimum atomic E-state index is -0.298. The van der Waals surface area contributed by atoms with Crippen molar-refractivity contribution in [2.24, 2.45) is 11.7 Å². The van der Waals surface area contributed by atoms with Crippen LogP contribution in [0.1, 0.15) is 38.6 Å². The van der Waals surface area contributed by atoms with Gasteiger partial charge in [-0.25, -0.2) is 4.79 Å². The van der Waals surface area contributed by atoms with E-state index in [0.29, 0.717) is 54.4 Å². The summed E-state index contributed by atoms with van der Waals surface area (Å²) in [5.41, 5.74) is 6.09. The summed E-state index contributed by atoms with van der Waals surface area (Å²) in [7, 11) is 0. The molecule has 0 saturated heterocycles. The SMILES string of the molecule is CC(=O)NCCOc1cccc2c1Nc1nc(=O)n(C3CCC(CN)CC3)cc1O2. The molecule has 1 saturated carbocycles. The Hall–Kier alpha value is -3.07. The van der Waals surface area contributed by atoms with Gasteiger partial charge in [-0.1, -0.05) is 6.07 Å². The Balaban J connectivity index is 1.51. The second-order valence-electron chi connectivity index (χ2n) is 7.74. The van der Waals surface area contributed by atoms with Crippen LogP contribution in [0, 0.1) is 5.92 Å². The first-order valence-corrected chi connectivity index (χ1v) is 10.3. The van der Waals surface area contributed by atoms with Crippen LogP contribution in [-0.4, -0.2) is 35.2 Å². The molecule has 1 amide bonds. The molecule has 0 unspecified atom stereocenters. The molecule has 2 aliphatic rings. The molecule has 1 aromatic heterocycles. The topological polar surface area (TPSA) is 120 Å². The number of carbonyl (C=O) groups excluding carboxylic acids is 1. The van der Waals surface area contributed by atoms with Crippen molar-refractivity contribution in [3.63, 3.8) is 0 Å². The number of fused-ring (bicyclic) bond motifs is 2. The molecule has 9 nitrogen and oxygen atoms in total. The number of hydrogen-bond donors (Lipinski definition) is 3. The van der Waals surface area contributed by atoms with Crippen LogP contribution >= 0.6 is 0 Å². The molecule has 1 fully saturated rings. The molecule has 1 aromatic carbocycles. The third-order valence-corrected chi connectivity index (χ3v) is 5.65. The van der Waals surface area contributed by atoms with Crippen molar-refractivity contribution in [1.82, 2.24) is 14.9 Å². The molecule has 30 heavy (non-hydrogen) atoms. The van der Waals surface area contributed by atoms with Gasteiger partial charge in [0.15, 0.2) is 17.3 Å². The predicted molar refractivity (Wildman–Crippen MR) is 113 cm³/mol. The van der Waals surface area contributed by atoms with Gasteiger partial charge in [-0.05, 0) is 50.3 Å². The van der Waals surface area contributed by atoms with Crippen LogP contribution < -0.4 is 31.5 Å². The molecular weight excluding hydrogens is 386 g/mol. The number of aromatic nitrogens is 2. The van der Waals surface area contributed by atoms with Crippen LogP contribution in [0.2, 0.25) is 0 Å². The minimum Gasteiger partial charge on any atom is -0.489 e. The molecule has 1 aliphatic carbocycles. The molecule has 0 atom stereocenters. The zero-order valence-electron chi connectivity index (χ0n) is 17.0. The number of nitrogens with two attached hydrogens (primary N) is 1. The fraction of sp³-hybridized carbons (Fsp3) is 0.476. The van der Waals surface area contributed by atoms with Crippen LogP contribution in [0.4, 0.5) is 11.5 Å². The normalized spacial score (nSPS) is 19.7. The summed E-state index contributed by atoms with van der Waals surface area (Å²) in [4.78, 5) is 27.9. The standard InChI is InChI=1S/C21H27N5O4/c1-13(27)23-9-10-29-16-3-2-4-17-19(16)24-20-18(30-17)12-26(21(28)25-20)15-7-5-14(11-22)6-8-15/h2-4,12,14-15H,5-11,22H2,1H3,(H,23,27)(H,24,25,28). The van der Waals surface area contributed by atoms with E-state index in [1.807, 2.05) is 12.1 Å². The molecule has 4 N–H and O–H groups in total. The van der Waals surface area contributed by atoms with E-state index in [2.05, 4.69) is 15.6 Å². The first-order chi connectivity index (χ1) is 14.5. The second-order valence-corrected chi connectivity index (χ2v) is 7.74. The molecule has 0 bridgehead atoms. The van der Waals surface area contributed by atoms with E-state index >= 15 is 0 Å². The Bertz CT molecular complexity index is 982. The van der Waals surface area contributed by atoms with E-state index in [-0.39, 0.29) is 17.6 Å². The summed E-state index contributed by atoms with van der Waals surface area (Å²) < 4.78 is 13.5. The van der Waals surface area contributed by atoms with Crippen molar-refractivity contribution in [3.8, 4) is 17.2 Å². The number of carbonyl (C=O) groups is 1. The van der Waals surface area contributed by atoms with Crippen molar-refractivity contribution in [2.75, 3.05) is 25.0 Å². The second kappa shape index (κ2) is 8.74. The van der Waals surface area contributed by atoms with Gasteiger partial charge in [0, 0.05) is 13.0 Å². The van der Waals surface area contributed by atoms with Gasteiger partial charge in [0.2, 0.25) is 5.91 Å². The maximum absolute atomic E-state index is 12.7. The lowest BCUT2D eigenvalue weighted by molar-refractivity contribution is -0.119. The largest absolute Gasteiger partial charge is 0.489 e. The Labute approximate surface area is 174 Å². The number of para-hydroxylation sites is 1. The highest BCUT2D eigenvalue weighted by Crippen LogP contribution is 2.45. The van der Waals surface area contributed by atoms with Gasteiger partial charge in [0.05, 0.1) is 12.7 Å². The molecule has 2 heterocycles. The number of nitrogens with zero attached hydrogens (tertiary/aromatic N) is 2. The molecule has 9 heteroatoms. The van der Waals surface area contributed by atoms with E-state index in [1.54, 1.807) is 16.8 Å². The Morgan fingerprint density at radius 3 is 2.87 bits per heavy atom. The van der Waals surface area contributed by atoms with Crippen LogP contribution in [0.15, 0.2) is 29.2 Å². The number of rotatable bonds is 6. The number of amides is 1. The van der Waals surface area contributed by atoms with E-state index in [9.17, 15) is 9.59 Å². The predicted octanol–water partition coefficient (Wildman–Crippen LogP) is 2.30. The average Bonchev–Trinajstić information content (AvgIpc) is 2.75. The highest BCUT2D eigenvalue weighted by molar-refractivity contribution is 5.77. The Morgan fingerprint density at radius 1 is 1.33 bits per heavy atom. The van der Waals surface area contributed by atoms with Gasteiger partial charge in [0.25, 0.3) is 0 Å². The molecule has 4 rings (SSSR count). The van der Waals surface area contributed by atoms with Crippen molar-refractivity contribution in [3.05, 3.63) is 34.9 Å². The minimum absolute atomic E-state index is 0.110. The molecular formula is C21H27N5O4. The smallest absolute Gasteiger partial charge is 0.350 e. The number of nitrogens with one attached hydrogen (secondary N) is 2. The quantitative estimate of drug-likeness (QED) is 0.530. The maximum Gasteiger partial charge on any atom is 0.350 e. The van der Waals surface area contributed by atoms with Crippen molar-refractivity contribution in [1.29, 1.82) is 0 Å². The molecule has 0 spiro atoms. The van der Waals surface area contributed by atoms with E-state index < -0.39 is 0 Å². The zero-order chi connectivity index (χ0) is 21.1. The zero-order valence-corrected chi connectivity index (χ0v) is 17.0. The molecule has 160 valence electrons. The van der Waals surface area contributed by atoms with Crippen molar-refractivity contribution < 1.29 is 14.3 Å². The lowest BCUT2D eigenvalue weighted by Crippen LogP contribution is -2.31. The highest BCUT2D eigenvalue weighted by Gasteiger charge is 2.26. The Morgan fingerprint density at radius 2 is 2.13 bits per heavy atom. The van der Waals surface area contributed by atoms with Gasteiger partial charge in [-0.2, -0.15) is 4.98 Å². The van der Waals surface area contributed by atoms with Crippen LogP contribution in [0.3, 0.4) is 0 Å². The fourth-order valence-electron chi connectivity index (χ4n) is 4.00. The van der Waals surface area contributed by atoms with Crippen molar-refractivity contribution in [2.45, 2.75) is 38.6 Å². The lowest BCUT2D eigenvalue weighted by Gasteiger charge is -2.30. The van der Waals surface area contributed by atoms with Gasteiger partial charge in [-0.15, -0.1) is 0 Å². The third kappa shape index (κ3) is 4.25. The monoisotopic (exact) mass is 413 g/mol. The van der Waals surface area contributed by atoms with E-state index in [1.165, 1.54) is 6.92 Å². The maximum atomic E-state index is 12.7. The average molecular weight is 413 g/mol. The van der Waals surface area contributed by atoms with Crippen LogP contribution in [0.25, 0.3) is 0 Å². The van der Waals surface area contributed by atoms with Gasteiger partial charge < -0.3 is 25.8 Å². The number of hydrogen-bond acceptors (Lipinski definition) is 7. The number of ether oxygens (including phenoxy) is 2. The molecule has 0 radical (unpaired) electrons. The number of benzene rings is 1. The first-order valence-electron chi connectivity index (χ1n) is 10.3. The van der Waals surface area contributed by atoms with E-state index in [0.717, 1.165) is 25.7 Å². The van der Waals surface area contributed by atoms with Gasteiger partial charge in [0.1, 0.15) is 18.0 Å². The van der Waals surface area contributed by atoms with E-state index in [4.69, 9.17) is 15.2 Å². The molecule has 2 aromatic rings. The highest BCUT2D eigenvalue weighted by atomic mass is 16.5. The van der Waals surface area contributed by atoms with Gasteiger partial charge >= 0.3 is 5.69 Å². The first kappa shape index (κ1) is 20.2. The lowest BCUT2D eigenvalue weighted by atomic mass is 9.86. The van der Waals surface area contributed by atoms with Crippen molar-refractivity contribution >= 4 is 17.4 Å². The summed E-state index contributed by atoms with van der Waals surface area (Å²) in [6.07, 6.45) is 5.62. The Kier molecular flexibility index (Phi) is 5.89. The number of anilines is 2. The fourth-order valence-corrected chi connectivity index (χ4v) is 4.00. The third-order valence-electron chi connectivity index (χ3n) is 5.65.